The summed E-state index contributed by atoms with van der Waals surface area (Å²) in [5.41, 5.74) is 0. The number of carboxylic acids is 1. The van der Waals surface area contributed by atoms with E-state index in [2.05, 4.69) is 0 Å². The molecule has 1 N–H and O–H groups in total. The highest BCUT2D eigenvalue weighted by atomic mass is 32.2. The molecule has 1 aliphatic heterocycles. The molecule has 0 fully saturated rings. The lowest BCUT2D eigenvalue weighted by atomic mass is 10.2. The fraction of sp³-hybridized carbons (Fsp3) is 0.500. The number of hydrogen-bond acceptors (Lipinski definition) is 2. The van der Waals surface area contributed by atoms with Crippen LogP contribution in [0.1, 0.15) is 6.92 Å². The zero-order chi connectivity index (χ0) is 6.85. The first-order valence-corrected chi connectivity index (χ1v) is 3.76. The van der Waals surface area contributed by atoms with E-state index >= 15 is 0 Å². The molecule has 1 atom stereocenters. The van der Waals surface area contributed by atoms with Gasteiger partial charge in [-0.1, -0.05) is 13.0 Å². The van der Waals surface area contributed by atoms with Gasteiger partial charge in [-0.3, -0.25) is 0 Å². The second-order valence-corrected chi connectivity index (χ2v) is 3.19. The number of carboxylic acid groups (broad SMARTS) is 1. The summed E-state index contributed by atoms with van der Waals surface area (Å²) in [7, 11) is 0. The van der Waals surface area contributed by atoms with Crippen molar-refractivity contribution in [2.75, 3.05) is 5.75 Å². The Hall–Kier alpha value is -0.440. The third-order valence-electron chi connectivity index (χ3n) is 1.15. The summed E-state index contributed by atoms with van der Waals surface area (Å²) in [6.45, 7) is 2.02. The Morgan fingerprint density at radius 1 is 2.00 bits per heavy atom. The van der Waals surface area contributed by atoms with Crippen LogP contribution in [0.5, 0.6) is 0 Å². The highest BCUT2D eigenvalue weighted by Crippen LogP contribution is 2.28. The lowest BCUT2D eigenvalue weighted by Gasteiger charge is -1.89. The number of carbonyl (C=O) groups is 1. The lowest BCUT2D eigenvalue weighted by molar-refractivity contribution is -0.131. The van der Waals surface area contributed by atoms with Crippen LogP contribution in [0.15, 0.2) is 11.0 Å². The molecular weight excluding hydrogens is 136 g/mol. The van der Waals surface area contributed by atoms with E-state index in [0.29, 0.717) is 10.8 Å². The largest absolute Gasteiger partial charge is 0.477 e. The Morgan fingerprint density at radius 3 is 2.89 bits per heavy atom. The molecule has 0 spiro atoms. The van der Waals surface area contributed by atoms with E-state index in [4.69, 9.17) is 5.11 Å². The lowest BCUT2D eigenvalue weighted by Crippen LogP contribution is -1.92. The van der Waals surface area contributed by atoms with Gasteiger partial charge in [-0.05, 0) is 5.92 Å². The summed E-state index contributed by atoms with van der Waals surface area (Å²) in [6.07, 6.45) is 1.80. The molecule has 1 aliphatic rings. The maximum atomic E-state index is 10.3. The molecule has 0 saturated carbocycles. The smallest absolute Gasteiger partial charge is 0.341 e. The van der Waals surface area contributed by atoms with Gasteiger partial charge in [0.25, 0.3) is 0 Å². The Morgan fingerprint density at radius 2 is 2.67 bits per heavy atom. The van der Waals surface area contributed by atoms with Crippen molar-refractivity contribution >= 4 is 17.7 Å². The summed E-state index contributed by atoms with van der Waals surface area (Å²) in [4.78, 5) is 10.8. The third kappa shape index (κ3) is 1.48. The first kappa shape index (κ1) is 6.68. The highest BCUT2D eigenvalue weighted by Gasteiger charge is 2.16. The summed E-state index contributed by atoms with van der Waals surface area (Å²) >= 11 is 1.42. The van der Waals surface area contributed by atoms with Crippen molar-refractivity contribution in [1.29, 1.82) is 0 Å². The zero-order valence-corrected chi connectivity index (χ0v) is 5.94. The molecule has 0 aliphatic carbocycles. The Labute approximate surface area is 57.9 Å². The molecular formula is C6H8O2S. The average molecular weight is 144 g/mol. The van der Waals surface area contributed by atoms with E-state index in [0.717, 1.165) is 5.75 Å². The van der Waals surface area contributed by atoms with Gasteiger partial charge in [0.2, 0.25) is 0 Å². The number of allylic oxidation sites excluding steroid dienone is 1. The van der Waals surface area contributed by atoms with Crippen LogP contribution in [0.2, 0.25) is 0 Å². The minimum atomic E-state index is -0.788. The van der Waals surface area contributed by atoms with Gasteiger partial charge in [0, 0.05) is 5.75 Å². The molecule has 9 heavy (non-hydrogen) atoms. The number of aliphatic carboxylic acids is 1. The molecule has 1 heterocycles. The second kappa shape index (κ2) is 2.43. The van der Waals surface area contributed by atoms with Gasteiger partial charge in [0.15, 0.2) is 0 Å². The van der Waals surface area contributed by atoms with Gasteiger partial charge in [-0.25, -0.2) is 4.79 Å². The average Bonchev–Trinajstić information content (AvgIpc) is 2.14. The highest BCUT2D eigenvalue weighted by molar-refractivity contribution is 8.04. The van der Waals surface area contributed by atoms with Crippen molar-refractivity contribution in [2.45, 2.75) is 6.92 Å². The molecule has 1 rings (SSSR count). The van der Waals surface area contributed by atoms with Crippen LogP contribution in [0.4, 0.5) is 0 Å². The summed E-state index contributed by atoms with van der Waals surface area (Å²) in [6, 6.07) is 0. The van der Waals surface area contributed by atoms with Gasteiger partial charge in [-0.15, -0.1) is 11.8 Å². The summed E-state index contributed by atoms with van der Waals surface area (Å²) in [5, 5.41) is 8.44. The van der Waals surface area contributed by atoms with E-state index in [9.17, 15) is 4.79 Å². The van der Waals surface area contributed by atoms with Crippen LogP contribution in [-0.4, -0.2) is 16.8 Å². The van der Waals surface area contributed by atoms with E-state index in [1.165, 1.54) is 11.8 Å². The topological polar surface area (TPSA) is 37.3 Å². The van der Waals surface area contributed by atoms with Crippen molar-refractivity contribution in [1.82, 2.24) is 0 Å². The minimum absolute atomic E-state index is 0.432. The van der Waals surface area contributed by atoms with E-state index in [-0.39, 0.29) is 0 Å². The van der Waals surface area contributed by atoms with Crippen molar-refractivity contribution in [3.63, 3.8) is 0 Å². The standard InChI is InChI=1S/C6H8O2S/c1-4-2-5(6(7)8)9-3-4/h2,4H,3H2,1H3,(H,7,8)/t4-/m1/s1. The maximum absolute atomic E-state index is 10.3. The molecule has 0 aromatic heterocycles. The van der Waals surface area contributed by atoms with Crippen LogP contribution in [0.3, 0.4) is 0 Å². The van der Waals surface area contributed by atoms with Gasteiger partial charge in [0.05, 0.1) is 4.91 Å². The van der Waals surface area contributed by atoms with Crippen molar-refractivity contribution in [3.8, 4) is 0 Å². The molecule has 0 bridgehead atoms. The number of hydrogen-bond donors (Lipinski definition) is 1. The van der Waals surface area contributed by atoms with Gasteiger partial charge >= 0.3 is 5.97 Å². The number of rotatable bonds is 1. The Kier molecular flexibility index (Phi) is 1.81. The van der Waals surface area contributed by atoms with Gasteiger partial charge in [-0.2, -0.15) is 0 Å². The molecule has 0 unspecified atom stereocenters. The van der Waals surface area contributed by atoms with Crippen molar-refractivity contribution in [2.24, 2.45) is 5.92 Å². The van der Waals surface area contributed by atoms with E-state index in [1.54, 1.807) is 6.08 Å². The predicted molar refractivity (Wildman–Crippen MR) is 37.3 cm³/mol. The van der Waals surface area contributed by atoms with Crippen molar-refractivity contribution < 1.29 is 9.90 Å². The molecule has 0 radical (unpaired) electrons. The quantitative estimate of drug-likeness (QED) is 0.603. The first-order valence-electron chi connectivity index (χ1n) is 2.78. The fourth-order valence-corrected chi connectivity index (χ4v) is 1.70. The van der Waals surface area contributed by atoms with Gasteiger partial charge in [0.1, 0.15) is 0 Å². The Bertz CT molecular complexity index is 162. The van der Waals surface area contributed by atoms with E-state index in [1.807, 2.05) is 6.92 Å². The molecule has 3 heteroatoms. The van der Waals surface area contributed by atoms with E-state index < -0.39 is 5.97 Å². The van der Waals surface area contributed by atoms with Crippen LogP contribution in [0.25, 0.3) is 0 Å². The molecule has 0 aromatic carbocycles. The second-order valence-electron chi connectivity index (χ2n) is 2.12. The predicted octanol–water partition coefficient (Wildman–Crippen LogP) is 1.34. The number of thioether (sulfide) groups is 1. The SMILES string of the molecule is C[C@@H]1C=C(C(=O)O)SC1. The van der Waals surface area contributed by atoms with Gasteiger partial charge < -0.3 is 5.11 Å². The summed E-state index contributed by atoms with van der Waals surface area (Å²) < 4.78 is 0. The molecule has 50 valence electrons. The van der Waals surface area contributed by atoms with Crippen LogP contribution >= 0.6 is 11.8 Å². The maximum Gasteiger partial charge on any atom is 0.341 e. The monoisotopic (exact) mass is 144 g/mol. The normalized spacial score (nSPS) is 25.9. The third-order valence-corrected chi connectivity index (χ3v) is 2.46. The molecule has 2 nitrogen and oxygen atoms in total. The molecule has 0 saturated heterocycles. The minimum Gasteiger partial charge on any atom is -0.477 e. The van der Waals surface area contributed by atoms with Crippen LogP contribution in [-0.2, 0) is 4.79 Å². The van der Waals surface area contributed by atoms with Crippen LogP contribution < -0.4 is 0 Å². The fourth-order valence-electron chi connectivity index (χ4n) is 0.709. The zero-order valence-electron chi connectivity index (χ0n) is 5.13. The first-order chi connectivity index (χ1) is 4.20. The molecule has 0 aromatic rings. The molecule has 0 amide bonds. The summed E-state index contributed by atoms with van der Waals surface area (Å²) in [5.74, 6) is 0.562. The van der Waals surface area contributed by atoms with Crippen molar-refractivity contribution in [3.05, 3.63) is 11.0 Å². The Balaban J connectivity index is 2.62. The van der Waals surface area contributed by atoms with Crippen LogP contribution in [0, 0.1) is 5.92 Å².